The van der Waals surface area contributed by atoms with E-state index >= 15 is 0 Å². The molecule has 0 fully saturated rings. The highest BCUT2D eigenvalue weighted by molar-refractivity contribution is 6.03. The van der Waals surface area contributed by atoms with Crippen molar-refractivity contribution in [1.29, 1.82) is 0 Å². The third kappa shape index (κ3) is 3.24. The number of hydrogen-bond acceptors (Lipinski definition) is 4. The zero-order chi connectivity index (χ0) is 22.2. The standard InChI is InChI=1S/C27H21N3O2/c1-17-12-13-25(18(2)15-17)30-26(31)20-8-4-3-7-19(20)22(27(30)32)16-29-24-11-5-10-23-21(24)9-6-14-28-23/h3-16,32H,1-2H3. The van der Waals surface area contributed by atoms with Gasteiger partial charge in [0.05, 0.1) is 22.5 Å². The van der Waals surface area contributed by atoms with Crippen LogP contribution in [0.3, 0.4) is 0 Å². The first-order valence-corrected chi connectivity index (χ1v) is 10.4. The van der Waals surface area contributed by atoms with Gasteiger partial charge in [-0.1, -0.05) is 42.0 Å². The molecule has 0 bridgehead atoms. The molecule has 5 nitrogen and oxygen atoms in total. The summed E-state index contributed by atoms with van der Waals surface area (Å²) in [5.74, 6) is -0.136. The average molecular weight is 419 g/mol. The molecule has 0 atom stereocenters. The van der Waals surface area contributed by atoms with E-state index in [1.807, 2.05) is 80.6 Å². The molecule has 5 rings (SSSR count). The van der Waals surface area contributed by atoms with Crippen LogP contribution in [0.1, 0.15) is 16.7 Å². The Morgan fingerprint density at radius 2 is 1.69 bits per heavy atom. The first-order valence-electron chi connectivity index (χ1n) is 10.4. The summed E-state index contributed by atoms with van der Waals surface area (Å²) < 4.78 is 1.36. The van der Waals surface area contributed by atoms with Crippen molar-refractivity contribution >= 4 is 33.6 Å². The highest BCUT2D eigenvalue weighted by Gasteiger charge is 2.17. The predicted molar refractivity (Wildman–Crippen MR) is 130 cm³/mol. The maximum absolute atomic E-state index is 13.3. The molecule has 156 valence electrons. The molecule has 32 heavy (non-hydrogen) atoms. The van der Waals surface area contributed by atoms with Crippen molar-refractivity contribution in [1.82, 2.24) is 9.55 Å². The van der Waals surface area contributed by atoms with Gasteiger partial charge in [0.15, 0.2) is 0 Å². The van der Waals surface area contributed by atoms with E-state index in [0.717, 1.165) is 27.7 Å². The Balaban J connectivity index is 1.78. The van der Waals surface area contributed by atoms with Crippen LogP contribution in [0.25, 0.3) is 27.4 Å². The summed E-state index contributed by atoms with van der Waals surface area (Å²) in [5.41, 5.74) is 4.44. The highest BCUT2D eigenvalue weighted by Crippen LogP contribution is 2.29. The molecule has 0 aliphatic heterocycles. The molecule has 0 saturated carbocycles. The second-order valence-electron chi connectivity index (χ2n) is 7.82. The maximum Gasteiger partial charge on any atom is 0.265 e. The van der Waals surface area contributed by atoms with E-state index < -0.39 is 0 Å². The lowest BCUT2D eigenvalue weighted by molar-refractivity contribution is 0.436. The second-order valence-corrected chi connectivity index (χ2v) is 7.82. The van der Waals surface area contributed by atoms with Gasteiger partial charge in [-0.15, -0.1) is 0 Å². The number of fused-ring (bicyclic) bond motifs is 2. The van der Waals surface area contributed by atoms with E-state index in [9.17, 15) is 9.90 Å². The molecule has 3 aromatic carbocycles. The summed E-state index contributed by atoms with van der Waals surface area (Å²) in [6.45, 7) is 3.93. The molecule has 5 aromatic rings. The summed E-state index contributed by atoms with van der Waals surface area (Å²) in [7, 11) is 0. The molecular formula is C27H21N3O2. The Morgan fingerprint density at radius 3 is 2.50 bits per heavy atom. The van der Waals surface area contributed by atoms with E-state index in [2.05, 4.69) is 9.98 Å². The lowest BCUT2D eigenvalue weighted by Crippen LogP contribution is -2.21. The molecule has 0 spiro atoms. The monoisotopic (exact) mass is 419 g/mol. The third-order valence-electron chi connectivity index (χ3n) is 5.65. The van der Waals surface area contributed by atoms with Crippen LogP contribution in [0.4, 0.5) is 5.69 Å². The molecule has 5 heteroatoms. The fraction of sp³-hybridized carbons (Fsp3) is 0.0741. The largest absolute Gasteiger partial charge is 0.494 e. The summed E-state index contributed by atoms with van der Waals surface area (Å²) in [4.78, 5) is 22.4. The Hall–Kier alpha value is -4.25. The minimum absolute atomic E-state index is 0.136. The van der Waals surface area contributed by atoms with E-state index in [4.69, 9.17) is 0 Å². The minimum atomic E-state index is -0.267. The zero-order valence-electron chi connectivity index (χ0n) is 17.8. The van der Waals surface area contributed by atoms with Crippen LogP contribution < -0.4 is 5.56 Å². The fourth-order valence-corrected chi connectivity index (χ4v) is 4.10. The fourth-order valence-electron chi connectivity index (χ4n) is 4.10. The topological polar surface area (TPSA) is 67.5 Å². The van der Waals surface area contributed by atoms with Crippen molar-refractivity contribution in [3.8, 4) is 11.6 Å². The number of pyridine rings is 2. The number of aryl methyl sites for hydroxylation is 2. The molecular weight excluding hydrogens is 398 g/mol. The molecule has 2 heterocycles. The van der Waals surface area contributed by atoms with Crippen molar-refractivity contribution in [2.24, 2.45) is 4.99 Å². The van der Waals surface area contributed by atoms with Crippen LogP contribution in [0.15, 0.2) is 88.8 Å². The normalized spacial score (nSPS) is 11.6. The van der Waals surface area contributed by atoms with Gasteiger partial charge in [-0.3, -0.25) is 14.8 Å². The first-order chi connectivity index (χ1) is 15.5. The highest BCUT2D eigenvalue weighted by atomic mass is 16.3. The molecule has 0 aliphatic rings. The van der Waals surface area contributed by atoms with Crippen LogP contribution in [0.5, 0.6) is 5.88 Å². The summed E-state index contributed by atoms with van der Waals surface area (Å²) in [6, 6.07) is 22.6. The molecule has 2 aromatic heterocycles. The zero-order valence-corrected chi connectivity index (χ0v) is 17.8. The first kappa shape index (κ1) is 19.7. The Kier molecular flexibility index (Phi) is 4.79. The van der Waals surface area contributed by atoms with Crippen molar-refractivity contribution in [3.05, 3.63) is 106 Å². The Bertz CT molecular complexity index is 1580. The van der Waals surface area contributed by atoms with Crippen molar-refractivity contribution < 1.29 is 5.11 Å². The summed E-state index contributed by atoms with van der Waals surface area (Å²) in [6.07, 6.45) is 3.37. The molecule has 0 amide bonds. The summed E-state index contributed by atoms with van der Waals surface area (Å²) in [5, 5.41) is 13.4. The number of aromatic hydroxyl groups is 1. The number of benzene rings is 3. The lowest BCUT2D eigenvalue weighted by atomic mass is 10.1. The van der Waals surface area contributed by atoms with Gasteiger partial charge in [0.25, 0.3) is 5.56 Å². The molecule has 0 unspecified atom stereocenters. The van der Waals surface area contributed by atoms with E-state index in [-0.39, 0.29) is 11.4 Å². The number of nitrogens with zero attached hydrogens (tertiary/aromatic N) is 3. The quantitative estimate of drug-likeness (QED) is 0.386. The van der Waals surface area contributed by atoms with Crippen molar-refractivity contribution in [3.63, 3.8) is 0 Å². The third-order valence-corrected chi connectivity index (χ3v) is 5.65. The molecule has 0 radical (unpaired) electrons. The van der Waals surface area contributed by atoms with Crippen molar-refractivity contribution in [2.45, 2.75) is 13.8 Å². The molecule has 1 N–H and O–H groups in total. The van der Waals surface area contributed by atoms with Gasteiger partial charge in [-0.05, 0) is 55.8 Å². The van der Waals surface area contributed by atoms with Gasteiger partial charge in [0.1, 0.15) is 0 Å². The summed E-state index contributed by atoms with van der Waals surface area (Å²) >= 11 is 0. The maximum atomic E-state index is 13.3. The van der Waals surface area contributed by atoms with Gasteiger partial charge < -0.3 is 5.11 Å². The Morgan fingerprint density at radius 1 is 0.906 bits per heavy atom. The van der Waals surface area contributed by atoms with E-state index in [0.29, 0.717) is 22.0 Å². The second kappa shape index (κ2) is 7.78. The van der Waals surface area contributed by atoms with Crippen LogP contribution in [-0.4, -0.2) is 20.9 Å². The van der Waals surface area contributed by atoms with Gasteiger partial charge in [-0.2, -0.15) is 0 Å². The number of rotatable bonds is 3. The average Bonchev–Trinajstić information content (AvgIpc) is 2.80. The smallest absolute Gasteiger partial charge is 0.265 e. The molecule has 0 aliphatic carbocycles. The van der Waals surface area contributed by atoms with Gasteiger partial charge in [0.2, 0.25) is 5.88 Å². The predicted octanol–water partition coefficient (Wildman–Crippen LogP) is 5.61. The number of aromatic nitrogens is 2. The van der Waals surface area contributed by atoms with Gasteiger partial charge in [0, 0.05) is 28.6 Å². The van der Waals surface area contributed by atoms with Crippen LogP contribution >= 0.6 is 0 Å². The van der Waals surface area contributed by atoms with Crippen LogP contribution in [-0.2, 0) is 0 Å². The SMILES string of the molecule is Cc1ccc(-n2c(O)c(C=Nc3cccc4ncccc34)c3ccccc3c2=O)c(C)c1. The van der Waals surface area contributed by atoms with Crippen LogP contribution in [0, 0.1) is 13.8 Å². The Labute approximate surface area is 185 Å². The molecule has 0 saturated heterocycles. The van der Waals surface area contributed by atoms with Gasteiger partial charge in [-0.25, -0.2) is 4.57 Å². The van der Waals surface area contributed by atoms with Gasteiger partial charge >= 0.3 is 0 Å². The van der Waals surface area contributed by atoms with E-state index in [1.54, 1.807) is 18.5 Å². The van der Waals surface area contributed by atoms with Crippen LogP contribution in [0.2, 0.25) is 0 Å². The number of hydrogen-bond donors (Lipinski definition) is 1. The van der Waals surface area contributed by atoms with Crippen molar-refractivity contribution in [2.75, 3.05) is 0 Å². The lowest BCUT2D eigenvalue weighted by Gasteiger charge is -2.16. The van der Waals surface area contributed by atoms with E-state index in [1.165, 1.54) is 4.57 Å². The minimum Gasteiger partial charge on any atom is -0.494 e. The number of aliphatic imine (C=N–C) groups is 1.